The topological polar surface area (TPSA) is 79.9 Å². The molecule has 1 aromatic heterocycles. The highest BCUT2D eigenvalue weighted by Gasteiger charge is 2.23. The van der Waals surface area contributed by atoms with Crippen molar-refractivity contribution in [2.24, 2.45) is 0 Å². The van der Waals surface area contributed by atoms with Crippen LogP contribution in [0.25, 0.3) is 0 Å². The summed E-state index contributed by atoms with van der Waals surface area (Å²) in [6, 6.07) is 9.28. The molecule has 0 unspecified atom stereocenters. The normalized spacial score (nSPS) is 14.2. The summed E-state index contributed by atoms with van der Waals surface area (Å²) in [7, 11) is 0. The number of aromatic nitrogens is 1. The van der Waals surface area contributed by atoms with Crippen LogP contribution < -0.4 is 10.2 Å². The molecule has 2 aromatic rings. The van der Waals surface area contributed by atoms with Gasteiger partial charge in [-0.2, -0.15) is 0 Å². The minimum atomic E-state index is -0.275. The predicted octanol–water partition coefficient (Wildman–Crippen LogP) is 1.31. The number of aryl methyl sites for hydroxylation is 2. The molecule has 7 nitrogen and oxygen atoms in total. The van der Waals surface area contributed by atoms with Crippen LogP contribution >= 0.6 is 0 Å². The molecule has 28 heavy (non-hydrogen) atoms. The first-order chi connectivity index (χ1) is 13.5. The molecule has 0 spiro atoms. The van der Waals surface area contributed by atoms with Gasteiger partial charge in [0.05, 0.1) is 26.2 Å². The summed E-state index contributed by atoms with van der Waals surface area (Å²) in [6.45, 7) is 7.52. The lowest BCUT2D eigenvalue weighted by Crippen LogP contribution is -3.10. The van der Waals surface area contributed by atoms with Gasteiger partial charge in [-0.05, 0) is 31.0 Å². The Morgan fingerprint density at radius 3 is 2.54 bits per heavy atom. The second kappa shape index (κ2) is 9.50. The van der Waals surface area contributed by atoms with Crippen LogP contribution in [0.2, 0.25) is 0 Å². The summed E-state index contributed by atoms with van der Waals surface area (Å²) in [5, 5.41) is 6.48. The van der Waals surface area contributed by atoms with Crippen molar-refractivity contribution in [3.63, 3.8) is 0 Å². The molecule has 0 bridgehead atoms. The molecule has 2 heterocycles. The third-order valence-corrected chi connectivity index (χ3v) is 5.17. The van der Waals surface area contributed by atoms with E-state index in [-0.39, 0.29) is 18.4 Å². The van der Waals surface area contributed by atoms with Crippen molar-refractivity contribution in [2.75, 3.05) is 38.0 Å². The fourth-order valence-electron chi connectivity index (χ4n) is 3.52. The molecule has 1 aromatic carbocycles. The van der Waals surface area contributed by atoms with Gasteiger partial charge in [0.15, 0.2) is 5.82 Å². The third kappa shape index (κ3) is 5.42. The van der Waals surface area contributed by atoms with E-state index in [2.05, 4.69) is 17.4 Å². The Hall–Kier alpha value is -2.67. The molecule has 0 aliphatic carbocycles. The Balaban J connectivity index is 1.67. The summed E-state index contributed by atoms with van der Waals surface area (Å²) in [6.07, 6.45) is 3.39. The number of anilines is 1. The van der Waals surface area contributed by atoms with E-state index in [0.29, 0.717) is 23.7 Å². The molecule has 0 radical (unpaired) electrons. The number of benzene rings is 1. The molecule has 3 rings (SSSR count). The number of carbonyl (C=O) groups is 2. The van der Waals surface area contributed by atoms with Gasteiger partial charge in [-0.3, -0.25) is 9.59 Å². The van der Waals surface area contributed by atoms with E-state index in [0.717, 1.165) is 26.1 Å². The minimum absolute atomic E-state index is 0.00640. The van der Waals surface area contributed by atoms with E-state index in [4.69, 9.17) is 4.52 Å². The molecule has 0 saturated carbocycles. The lowest BCUT2D eigenvalue weighted by molar-refractivity contribution is -0.886. The van der Waals surface area contributed by atoms with Gasteiger partial charge < -0.3 is 19.6 Å². The van der Waals surface area contributed by atoms with E-state index in [1.165, 1.54) is 23.3 Å². The Labute approximate surface area is 165 Å². The van der Waals surface area contributed by atoms with E-state index in [1.54, 1.807) is 17.9 Å². The fraction of sp³-hybridized carbons (Fsp3) is 0.476. The van der Waals surface area contributed by atoms with Crippen molar-refractivity contribution in [3.05, 3.63) is 47.2 Å². The number of quaternary nitrogens is 1. The van der Waals surface area contributed by atoms with Crippen LogP contribution in [-0.4, -0.2) is 54.6 Å². The molecule has 150 valence electrons. The Kier molecular flexibility index (Phi) is 6.81. The lowest BCUT2D eigenvalue weighted by Gasteiger charge is -2.23. The van der Waals surface area contributed by atoms with E-state index < -0.39 is 0 Å². The van der Waals surface area contributed by atoms with Crippen LogP contribution in [0.3, 0.4) is 0 Å². The number of rotatable bonds is 8. The maximum Gasteiger partial charge on any atom is 0.254 e. The number of carbonyl (C=O) groups excluding carboxylic acids is 2. The van der Waals surface area contributed by atoms with Gasteiger partial charge >= 0.3 is 0 Å². The van der Waals surface area contributed by atoms with Gasteiger partial charge in [0, 0.05) is 24.5 Å². The summed E-state index contributed by atoms with van der Waals surface area (Å²) in [5.41, 5.74) is 1.79. The van der Waals surface area contributed by atoms with E-state index in [1.807, 2.05) is 24.3 Å². The van der Waals surface area contributed by atoms with Crippen LogP contribution in [0.1, 0.15) is 41.4 Å². The van der Waals surface area contributed by atoms with Gasteiger partial charge in [-0.1, -0.05) is 24.2 Å². The Bertz CT molecular complexity index is 794. The summed E-state index contributed by atoms with van der Waals surface area (Å²) >= 11 is 0. The van der Waals surface area contributed by atoms with Crippen molar-refractivity contribution in [3.8, 4) is 0 Å². The molecule has 1 fully saturated rings. The van der Waals surface area contributed by atoms with Crippen LogP contribution in [0.4, 0.5) is 5.82 Å². The molecule has 1 aliphatic rings. The zero-order valence-electron chi connectivity index (χ0n) is 16.7. The minimum Gasteiger partial charge on any atom is -0.360 e. The number of nitrogens with zero attached hydrogens (tertiary/aromatic N) is 2. The quantitative estimate of drug-likeness (QED) is 0.718. The van der Waals surface area contributed by atoms with Crippen LogP contribution in [0, 0.1) is 6.92 Å². The molecule has 1 saturated heterocycles. The average molecular weight is 385 g/mol. The van der Waals surface area contributed by atoms with Crippen molar-refractivity contribution in [1.82, 2.24) is 10.1 Å². The second-order valence-electron chi connectivity index (χ2n) is 7.36. The van der Waals surface area contributed by atoms with Crippen LogP contribution in [0.15, 0.2) is 34.9 Å². The molecule has 2 amide bonds. The predicted molar refractivity (Wildman–Crippen MR) is 106 cm³/mol. The first kappa shape index (κ1) is 20.1. The zero-order chi connectivity index (χ0) is 19.9. The largest absolute Gasteiger partial charge is 0.360 e. The second-order valence-corrected chi connectivity index (χ2v) is 7.36. The highest BCUT2D eigenvalue weighted by atomic mass is 16.5. The summed E-state index contributed by atoms with van der Waals surface area (Å²) in [4.78, 5) is 28.6. The smallest absolute Gasteiger partial charge is 0.254 e. The monoisotopic (exact) mass is 385 g/mol. The lowest BCUT2D eigenvalue weighted by atomic mass is 10.1. The first-order valence-electron chi connectivity index (χ1n) is 10.00. The third-order valence-electron chi connectivity index (χ3n) is 5.17. The maximum atomic E-state index is 13.0. The summed E-state index contributed by atoms with van der Waals surface area (Å²) < 4.78 is 4.98. The van der Waals surface area contributed by atoms with Gasteiger partial charge in [-0.25, -0.2) is 0 Å². The van der Waals surface area contributed by atoms with Crippen molar-refractivity contribution in [1.29, 1.82) is 0 Å². The van der Waals surface area contributed by atoms with E-state index >= 15 is 0 Å². The SMILES string of the molecule is CCc1ccc(C(=O)N(CC[NH+]2CCCC2)CC(=O)Nc2cc(C)on2)cc1. The van der Waals surface area contributed by atoms with Gasteiger partial charge in [0.25, 0.3) is 5.91 Å². The number of amides is 2. The van der Waals surface area contributed by atoms with Gasteiger partial charge in [0.1, 0.15) is 12.3 Å². The molecule has 2 N–H and O–H groups in total. The number of hydrogen-bond donors (Lipinski definition) is 2. The highest BCUT2D eigenvalue weighted by Crippen LogP contribution is 2.10. The standard InChI is InChI=1S/C21H28N4O3/c1-3-17-6-8-18(9-7-17)21(27)25(13-12-24-10-4-5-11-24)15-20(26)22-19-14-16(2)28-23-19/h6-9,14H,3-5,10-13,15H2,1-2H3,(H,22,23,26)/p+1. The molecule has 1 aliphatic heterocycles. The Morgan fingerprint density at radius 1 is 1.21 bits per heavy atom. The van der Waals surface area contributed by atoms with Crippen molar-refractivity contribution >= 4 is 17.6 Å². The van der Waals surface area contributed by atoms with Crippen molar-refractivity contribution in [2.45, 2.75) is 33.1 Å². The number of likely N-dealkylation sites (tertiary alicyclic amines) is 1. The summed E-state index contributed by atoms with van der Waals surface area (Å²) in [5.74, 6) is 0.597. The fourth-order valence-corrected chi connectivity index (χ4v) is 3.52. The highest BCUT2D eigenvalue weighted by molar-refractivity contribution is 5.99. The van der Waals surface area contributed by atoms with E-state index in [9.17, 15) is 9.59 Å². The van der Waals surface area contributed by atoms with Crippen molar-refractivity contribution < 1.29 is 19.0 Å². The molecular weight excluding hydrogens is 356 g/mol. The number of hydrogen-bond acceptors (Lipinski definition) is 4. The molecular formula is C21H29N4O3+. The van der Waals surface area contributed by atoms with Crippen LogP contribution in [0.5, 0.6) is 0 Å². The van der Waals surface area contributed by atoms with Crippen LogP contribution in [-0.2, 0) is 11.2 Å². The average Bonchev–Trinajstić information content (AvgIpc) is 3.36. The first-order valence-corrected chi connectivity index (χ1v) is 10.00. The number of nitrogens with one attached hydrogen (secondary N) is 2. The molecule has 0 atom stereocenters. The van der Waals surface area contributed by atoms with Gasteiger partial charge in [-0.15, -0.1) is 0 Å². The Morgan fingerprint density at radius 2 is 1.93 bits per heavy atom. The maximum absolute atomic E-state index is 13.0. The van der Waals surface area contributed by atoms with Gasteiger partial charge in [0.2, 0.25) is 5.91 Å². The molecule has 7 heteroatoms. The zero-order valence-corrected chi connectivity index (χ0v) is 16.7.